The van der Waals surface area contributed by atoms with Gasteiger partial charge in [-0.25, -0.2) is 4.39 Å². The highest BCUT2D eigenvalue weighted by Crippen LogP contribution is 2.49. The Morgan fingerprint density at radius 2 is 2.09 bits per heavy atom. The molecule has 2 aromatic heterocycles. The zero-order valence-corrected chi connectivity index (χ0v) is 19.8. The molecule has 182 valence electrons. The molecule has 3 aliphatic rings. The Labute approximate surface area is 202 Å². The molecule has 0 saturated heterocycles. The molecule has 0 radical (unpaired) electrons. The number of pyridine rings is 2. The van der Waals surface area contributed by atoms with E-state index in [0.29, 0.717) is 23.8 Å². The van der Waals surface area contributed by atoms with E-state index in [9.17, 15) is 9.59 Å². The number of anilines is 2. The minimum Gasteiger partial charge on any atom is -0.487 e. The minimum atomic E-state index is -0.694. The molecule has 3 N–H and O–H groups in total. The summed E-state index contributed by atoms with van der Waals surface area (Å²) >= 11 is 0. The van der Waals surface area contributed by atoms with E-state index >= 15 is 4.39 Å². The predicted molar refractivity (Wildman–Crippen MR) is 133 cm³/mol. The number of benzene rings is 1. The molecular weight excluding hydrogens is 447 g/mol. The molecule has 7 nitrogen and oxygen atoms in total. The minimum absolute atomic E-state index is 0.0206. The van der Waals surface area contributed by atoms with Crippen molar-refractivity contribution in [2.75, 3.05) is 17.7 Å². The molecule has 2 saturated carbocycles. The summed E-state index contributed by atoms with van der Waals surface area (Å²) < 4.78 is 24.0. The van der Waals surface area contributed by atoms with Crippen molar-refractivity contribution in [3.63, 3.8) is 0 Å². The number of halogens is 1. The fraction of sp³-hybridized carbons (Fsp3) is 0.444. The Kier molecular flexibility index (Phi) is 5.09. The molecule has 8 heteroatoms. The van der Waals surface area contributed by atoms with Crippen LogP contribution in [0.15, 0.2) is 35.4 Å². The van der Waals surface area contributed by atoms with Crippen LogP contribution < -0.4 is 21.2 Å². The SMILES string of the molecule is CC(=O)c1cn2c3c(c(N[C@H]4CC[C@H](c5ccccn5)C4)c(F)c(N)c3c1=O)OCC21CCCC1. The third kappa shape index (κ3) is 3.33. The number of aromatic nitrogens is 2. The number of nitrogens with one attached hydrogen (secondary N) is 1. The second-order valence-electron chi connectivity index (χ2n) is 10.3. The molecule has 2 fully saturated rings. The van der Waals surface area contributed by atoms with Gasteiger partial charge in [0.1, 0.15) is 12.3 Å². The van der Waals surface area contributed by atoms with Gasteiger partial charge >= 0.3 is 0 Å². The maximum Gasteiger partial charge on any atom is 0.202 e. The van der Waals surface area contributed by atoms with E-state index in [0.717, 1.165) is 50.6 Å². The lowest BCUT2D eigenvalue weighted by Gasteiger charge is -2.39. The summed E-state index contributed by atoms with van der Waals surface area (Å²) in [5.74, 6) is -0.432. The first kappa shape index (κ1) is 22.1. The molecule has 6 rings (SSSR count). The van der Waals surface area contributed by atoms with Crippen LogP contribution in [0.4, 0.5) is 15.8 Å². The number of nitrogens with two attached hydrogens (primary N) is 1. The molecule has 1 aromatic carbocycles. The van der Waals surface area contributed by atoms with Crippen LogP contribution in [0, 0.1) is 5.82 Å². The summed E-state index contributed by atoms with van der Waals surface area (Å²) in [6.07, 6.45) is 9.87. The van der Waals surface area contributed by atoms with Crippen molar-refractivity contribution in [3.8, 4) is 5.75 Å². The van der Waals surface area contributed by atoms with Crippen molar-refractivity contribution in [1.82, 2.24) is 9.55 Å². The number of ether oxygens (including phenoxy) is 1. The van der Waals surface area contributed by atoms with Gasteiger partial charge in [0.2, 0.25) is 5.43 Å². The molecule has 1 aliphatic heterocycles. The molecular formula is C27H29FN4O3. The number of hydrogen-bond donors (Lipinski definition) is 2. The van der Waals surface area contributed by atoms with Gasteiger partial charge in [-0.2, -0.15) is 0 Å². The van der Waals surface area contributed by atoms with E-state index in [1.165, 1.54) is 6.92 Å². The molecule has 35 heavy (non-hydrogen) atoms. The van der Waals surface area contributed by atoms with Crippen LogP contribution in [0.25, 0.3) is 10.9 Å². The molecule has 3 aromatic rings. The second-order valence-corrected chi connectivity index (χ2v) is 10.3. The molecule has 2 aliphatic carbocycles. The highest BCUT2D eigenvalue weighted by Gasteiger charge is 2.43. The Balaban J connectivity index is 1.48. The number of nitrogens with zero attached hydrogens (tertiary/aromatic N) is 2. The van der Waals surface area contributed by atoms with Crippen LogP contribution in [0.5, 0.6) is 5.75 Å². The van der Waals surface area contributed by atoms with Crippen molar-refractivity contribution < 1.29 is 13.9 Å². The van der Waals surface area contributed by atoms with E-state index in [-0.39, 0.29) is 39.7 Å². The third-order valence-electron chi connectivity index (χ3n) is 8.17. The van der Waals surface area contributed by atoms with Gasteiger partial charge in [-0.3, -0.25) is 14.6 Å². The van der Waals surface area contributed by atoms with Crippen LogP contribution in [0.2, 0.25) is 0 Å². The first-order chi connectivity index (χ1) is 16.9. The van der Waals surface area contributed by atoms with Gasteiger partial charge in [-0.05, 0) is 51.2 Å². The van der Waals surface area contributed by atoms with Crippen LogP contribution >= 0.6 is 0 Å². The van der Waals surface area contributed by atoms with Crippen molar-refractivity contribution in [2.24, 2.45) is 0 Å². The first-order valence-electron chi connectivity index (χ1n) is 12.4. The number of rotatable bonds is 4. The number of hydrogen-bond acceptors (Lipinski definition) is 6. The number of Topliss-reactive ketones (excluding diaryl/α,β-unsaturated/α-hetero) is 1. The van der Waals surface area contributed by atoms with E-state index in [1.54, 1.807) is 12.4 Å². The van der Waals surface area contributed by atoms with Crippen LogP contribution in [-0.4, -0.2) is 28.0 Å². The fourth-order valence-electron chi connectivity index (χ4n) is 6.34. The van der Waals surface area contributed by atoms with E-state index in [1.807, 2.05) is 22.8 Å². The van der Waals surface area contributed by atoms with Gasteiger partial charge in [0, 0.05) is 30.0 Å². The lowest BCUT2D eigenvalue weighted by Crippen LogP contribution is -2.42. The number of nitrogen functional groups attached to an aromatic ring is 1. The monoisotopic (exact) mass is 476 g/mol. The van der Waals surface area contributed by atoms with E-state index in [2.05, 4.69) is 10.3 Å². The highest BCUT2D eigenvalue weighted by atomic mass is 19.1. The van der Waals surface area contributed by atoms with Gasteiger partial charge in [0.05, 0.1) is 27.7 Å². The maximum absolute atomic E-state index is 15.8. The van der Waals surface area contributed by atoms with Crippen LogP contribution in [-0.2, 0) is 5.54 Å². The Bertz CT molecular complexity index is 1400. The molecule has 0 amide bonds. The van der Waals surface area contributed by atoms with Gasteiger partial charge in [-0.15, -0.1) is 0 Å². The Morgan fingerprint density at radius 3 is 2.80 bits per heavy atom. The summed E-state index contributed by atoms with van der Waals surface area (Å²) in [7, 11) is 0. The van der Waals surface area contributed by atoms with Crippen molar-refractivity contribution in [2.45, 2.75) is 69.4 Å². The lowest BCUT2D eigenvalue weighted by atomic mass is 9.93. The van der Waals surface area contributed by atoms with Gasteiger partial charge in [-0.1, -0.05) is 18.9 Å². The van der Waals surface area contributed by atoms with Crippen molar-refractivity contribution in [1.29, 1.82) is 0 Å². The quantitative estimate of drug-likeness (QED) is 0.417. The average Bonchev–Trinajstić information content (AvgIpc) is 3.52. The predicted octanol–water partition coefficient (Wildman–Crippen LogP) is 4.73. The standard InChI is InChI=1S/C27H29FN4O3/c1-15(33)18-13-32-24-20(25(18)34)22(29)21(28)23(26(24)35-14-27(32)9-3-4-10-27)31-17-8-7-16(12-17)19-6-2-5-11-30-19/h2,5-6,11,13,16-17,31H,3-4,7-10,12,14,29H2,1H3/t16-,17-/m0/s1. The Morgan fingerprint density at radius 1 is 1.29 bits per heavy atom. The smallest absolute Gasteiger partial charge is 0.202 e. The zero-order chi connectivity index (χ0) is 24.3. The summed E-state index contributed by atoms with van der Waals surface area (Å²) in [5, 5.41) is 3.41. The molecule has 0 bridgehead atoms. The summed E-state index contributed by atoms with van der Waals surface area (Å²) in [4.78, 5) is 30.1. The normalized spacial score (nSPS) is 22.5. The number of ketones is 1. The topological polar surface area (TPSA) is 99.2 Å². The average molecular weight is 477 g/mol. The third-order valence-corrected chi connectivity index (χ3v) is 8.17. The largest absolute Gasteiger partial charge is 0.487 e. The fourth-order valence-corrected chi connectivity index (χ4v) is 6.34. The lowest BCUT2D eigenvalue weighted by molar-refractivity contribution is 0.101. The molecule has 0 unspecified atom stereocenters. The Hall–Kier alpha value is -3.42. The summed E-state index contributed by atoms with van der Waals surface area (Å²) in [6.45, 7) is 1.73. The van der Waals surface area contributed by atoms with Gasteiger partial charge in [0.15, 0.2) is 17.3 Å². The first-order valence-corrected chi connectivity index (χ1v) is 12.4. The van der Waals surface area contributed by atoms with Crippen molar-refractivity contribution in [3.05, 3.63) is 57.9 Å². The number of fused-ring (bicyclic) bond motifs is 1. The molecule has 2 atom stereocenters. The summed E-state index contributed by atoms with van der Waals surface area (Å²) in [6, 6.07) is 5.93. The van der Waals surface area contributed by atoms with Crippen LogP contribution in [0.3, 0.4) is 0 Å². The van der Waals surface area contributed by atoms with Crippen LogP contribution in [0.1, 0.15) is 73.8 Å². The van der Waals surface area contributed by atoms with Gasteiger partial charge < -0.3 is 20.4 Å². The highest BCUT2D eigenvalue weighted by molar-refractivity contribution is 6.04. The number of carbonyl (C=O) groups excluding carboxylic acids is 1. The van der Waals surface area contributed by atoms with E-state index < -0.39 is 11.2 Å². The second kappa shape index (κ2) is 8.07. The van der Waals surface area contributed by atoms with Crippen molar-refractivity contribution >= 4 is 28.1 Å². The zero-order valence-electron chi connectivity index (χ0n) is 19.8. The number of carbonyl (C=O) groups is 1. The molecule has 3 heterocycles. The maximum atomic E-state index is 15.8. The van der Waals surface area contributed by atoms with E-state index in [4.69, 9.17) is 10.5 Å². The summed E-state index contributed by atoms with van der Waals surface area (Å²) in [5.41, 5.74) is 6.93. The molecule has 1 spiro atoms. The van der Waals surface area contributed by atoms with Gasteiger partial charge in [0.25, 0.3) is 0 Å².